The molecule has 3 aromatic carbocycles. The number of ether oxygens (including phenoxy) is 1. The molecular weight excluding hydrogens is 498 g/mol. The molecule has 0 saturated carbocycles. The highest BCUT2D eigenvalue weighted by atomic mass is 35.5. The number of benzene rings is 3. The van der Waals surface area contributed by atoms with E-state index in [-0.39, 0.29) is 0 Å². The first-order valence-corrected chi connectivity index (χ1v) is 14.3. The number of rotatable bonds is 5. The predicted molar refractivity (Wildman–Crippen MR) is 171 cm³/mol. The van der Waals surface area contributed by atoms with E-state index >= 15 is 0 Å². The number of pyridine rings is 1. The summed E-state index contributed by atoms with van der Waals surface area (Å²) in [5.74, 6) is 3.37. The first-order valence-electron chi connectivity index (χ1n) is 13.9. The van der Waals surface area contributed by atoms with Crippen LogP contribution in [-0.2, 0) is 0 Å². The van der Waals surface area contributed by atoms with Crippen LogP contribution in [0.1, 0.15) is 101 Å². The van der Waals surface area contributed by atoms with Crippen molar-refractivity contribution in [2.45, 2.75) is 79.1 Å². The monoisotopic (exact) mass is 545 g/mol. The summed E-state index contributed by atoms with van der Waals surface area (Å²) >= 11 is 5.72. The van der Waals surface area contributed by atoms with E-state index in [1.165, 1.54) is 22.3 Å². The molecule has 0 fully saturated rings. The van der Waals surface area contributed by atoms with Crippen LogP contribution in [0.25, 0.3) is 0 Å². The fourth-order valence-electron chi connectivity index (χ4n) is 3.55. The third-order valence-electron chi connectivity index (χ3n) is 6.11. The largest absolute Gasteiger partial charge is 0.496 e. The van der Waals surface area contributed by atoms with Crippen molar-refractivity contribution < 1.29 is 4.74 Å². The minimum absolute atomic E-state index is 0.533. The Bertz CT molecular complexity index is 1090. The number of para-hydroxylation sites is 1. The summed E-state index contributed by atoms with van der Waals surface area (Å²) in [6, 6.07) is 30.7. The Hall–Kier alpha value is -3.10. The van der Waals surface area contributed by atoms with E-state index in [1.807, 2.05) is 48.7 Å². The lowest BCUT2D eigenvalue weighted by molar-refractivity contribution is 0.407. The van der Waals surface area contributed by atoms with E-state index in [0.29, 0.717) is 23.7 Å². The maximum Gasteiger partial charge on any atom is 0.122 e. The minimum atomic E-state index is 0.533. The first kappa shape index (κ1) is 33.9. The molecule has 0 radical (unpaired) electrons. The Morgan fingerprint density at radius 2 is 1.03 bits per heavy atom. The fourth-order valence-corrected chi connectivity index (χ4v) is 3.67. The lowest BCUT2D eigenvalue weighted by Crippen LogP contribution is -1.92. The second-order valence-corrected chi connectivity index (χ2v) is 11.0. The number of aromatic nitrogens is 1. The standard InChI is InChI=1S/C10H14O.C9H11Cl.C9H12.C8H11N/c1-8(2)9-6-4-5-7-10(9)11-3;1-7(2)8-3-5-9(10)6-4-8;1-8(2)9-6-4-3-5-7-9;1-7(2)8-4-3-5-9-6-8/h4-8H,1-3H3;3-7H,1-2H3;3-8H,1-2H3;3-7H,1-2H3. The molecule has 0 aliphatic carbocycles. The molecule has 1 heterocycles. The van der Waals surface area contributed by atoms with Gasteiger partial charge in [-0.05, 0) is 70.2 Å². The van der Waals surface area contributed by atoms with Crippen LogP contribution >= 0.6 is 11.6 Å². The molecule has 3 heteroatoms. The van der Waals surface area contributed by atoms with Gasteiger partial charge in [-0.15, -0.1) is 0 Å². The van der Waals surface area contributed by atoms with Crippen LogP contribution in [-0.4, -0.2) is 12.1 Å². The highest BCUT2D eigenvalue weighted by Gasteiger charge is 2.04. The molecule has 210 valence electrons. The molecule has 0 unspecified atom stereocenters. The lowest BCUT2D eigenvalue weighted by Gasteiger charge is -2.10. The molecule has 0 aliphatic rings. The van der Waals surface area contributed by atoms with Crippen LogP contribution in [0.15, 0.2) is 103 Å². The van der Waals surface area contributed by atoms with Gasteiger partial charge in [0.1, 0.15) is 5.75 Å². The van der Waals surface area contributed by atoms with Crippen molar-refractivity contribution in [3.63, 3.8) is 0 Å². The van der Waals surface area contributed by atoms with Crippen LogP contribution < -0.4 is 4.74 Å². The number of nitrogens with zero attached hydrogens (tertiary/aromatic N) is 1. The lowest BCUT2D eigenvalue weighted by atomic mass is 10.0. The summed E-state index contributed by atoms with van der Waals surface area (Å²) in [4.78, 5) is 4.01. The van der Waals surface area contributed by atoms with Gasteiger partial charge in [-0.25, -0.2) is 0 Å². The molecule has 2 nitrogen and oxygen atoms in total. The van der Waals surface area contributed by atoms with Crippen LogP contribution in [0, 0.1) is 0 Å². The maximum absolute atomic E-state index is 5.72. The van der Waals surface area contributed by atoms with E-state index in [9.17, 15) is 0 Å². The topological polar surface area (TPSA) is 22.1 Å². The molecule has 39 heavy (non-hydrogen) atoms. The van der Waals surface area contributed by atoms with Gasteiger partial charge in [0.05, 0.1) is 7.11 Å². The van der Waals surface area contributed by atoms with Crippen molar-refractivity contribution in [2.24, 2.45) is 0 Å². The number of hydrogen-bond donors (Lipinski definition) is 0. The number of methoxy groups -OCH3 is 1. The smallest absolute Gasteiger partial charge is 0.122 e. The summed E-state index contributed by atoms with van der Waals surface area (Å²) in [7, 11) is 1.71. The Kier molecular flexibility index (Phi) is 16.6. The second-order valence-electron chi connectivity index (χ2n) is 10.6. The van der Waals surface area contributed by atoms with Crippen LogP contribution in [0.2, 0.25) is 5.02 Å². The highest BCUT2D eigenvalue weighted by Crippen LogP contribution is 2.25. The molecule has 4 rings (SSSR count). The Morgan fingerprint density at radius 3 is 1.41 bits per heavy atom. The number of hydrogen-bond acceptors (Lipinski definition) is 2. The van der Waals surface area contributed by atoms with Gasteiger partial charge in [0.25, 0.3) is 0 Å². The minimum Gasteiger partial charge on any atom is -0.496 e. The summed E-state index contributed by atoms with van der Waals surface area (Å²) in [5, 5.41) is 0.810. The predicted octanol–water partition coefficient (Wildman–Crippen LogP) is 11.3. The Labute approximate surface area is 243 Å². The van der Waals surface area contributed by atoms with Crippen molar-refractivity contribution >= 4 is 11.6 Å². The van der Waals surface area contributed by atoms with E-state index in [2.05, 4.69) is 109 Å². The zero-order chi connectivity index (χ0) is 29.2. The van der Waals surface area contributed by atoms with Gasteiger partial charge < -0.3 is 4.74 Å². The molecular formula is C36H48ClNO. The third kappa shape index (κ3) is 14.0. The maximum atomic E-state index is 5.72. The molecule has 0 bridgehead atoms. The van der Waals surface area contributed by atoms with Gasteiger partial charge in [0.15, 0.2) is 0 Å². The zero-order valence-electron chi connectivity index (χ0n) is 25.4. The fraction of sp³-hybridized carbons (Fsp3) is 0.361. The second kappa shape index (κ2) is 19.0. The molecule has 0 saturated heterocycles. The van der Waals surface area contributed by atoms with E-state index in [1.54, 1.807) is 13.3 Å². The van der Waals surface area contributed by atoms with Crippen LogP contribution in [0.5, 0.6) is 5.75 Å². The van der Waals surface area contributed by atoms with Gasteiger partial charge in [-0.1, -0.05) is 134 Å². The van der Waals surface area contributed by atoms with Gasteiger partial charge in [0, 0.05) is 17.4 Å². The van der Waals surface area contributed by atoms with Crippen molar-refractivity contribution in [1.82, 2.24) is 4.98 Å². The molecule has 0 amide bonds. The van der Waals surface area contributed by atoms with E-state index in [0.717, 1.165) is 10.8 Å². The van der Waals surface area contributed by atoms with Gasteiger partial charge in [-0.2, -0.15) is 0 Å². The molecule has 0 N–H and O–H groups in total. The highest BCUT2D eigenvalue weighted by molar-refractivity contribution is 6.30. The van der Waals surface area contributed by atoms with Gasteiger partial charge in [0.2, 0.25) is 0 Å². The molecule has 0 aliphatic heterocycles. The van der Waals surface area contributed by atoms with E-state index in [4.69, 9.17) is 16.3 Å². The van der Waals surface area contributed by atoms with Gasteiger partial charge >= 0.3 is 0 Å². The Morgan fingerprint density at radius 1 is 0.538 bits per heavy atom. The van der Waals surface area contributed by atoms with Crippen LogP contribution in [0.3, 0.4) is 0 Å². The van der Waals surface area contributed by atoms with E-state index < -0.39 is 0 Å². The molecule has 4 aromatic rings. The number of halogens is 1. The zero-order valence-corrected chi connectivity index (χ0v) is 26.1. The average Bonchev–Trinajstić information content (AvgIpc) is 2.95. The summed E-state index contributed by atoms with van der Waals surface area (Å²) in [6.45, 7) is 17.4. The summed E-state index contributed by atoms with van der Waals surface area (Å²) in [6.07, 6.45) is 3.70. The van der Waals surface area contributed by atoms with Crippen molar-refractivity contribution in [1.29, 1.82) is 0 Å². The van der Waals surface area contributed by atoms with Gasteiger partial charge in [-0.3, -0.25) is 4.98 Å². The average molecular weight is 546 g/mol. The molecule has 0 atom stereocenters. The summed E-state index contributed by atoms with van der Waals surface area (Å²) in [5.41, 5.74) is 5.33. The third-order valence-corrected chi connectivity index (χ3v) is 6.37. The normalized spacial score (nSPS) is 10.2. The quantitative estimate of drug-likeness (QED) is 0.249. The van der Waals surface area contributed by atoms with Crippen molar-refractivity contribution in [3.05, 3.63) is 131 Å². The van der Waals surface area contributed by atoms with Crippen molar-refractivity contribution in [2.75, 3.05) is 7.11 Å². The molecule has 0 spiro atoms. The van der Waals surface area contributed by atoms with Crippen LogP contribution in [0.4, 0.5) is 0 Å². The molecule has 1 aromatic heterocycles. The SMILES string of the molecule is CC(C)c1ccc(Cl)cc1.CC(C)c1ccccc1.CC(C)c1cccnc1.COc1ccccc1C(C)C. The van der Waals surface area contributed by atoms with Crippen molar-refractivity contribution in [3.8, 4) is 5.75 Å². The summed E-state index contributed by atoms with van der Waals surface area (Å²) < 4.78 is 5.21. The Balaban J connectivity index is 0.000000261. The first-order chi connectivity index (χ1) is 18.6.